The maximum atomic E-state index is 11.7. The Labute approximate surface area is 78.6 Å². The smallest absolute Gasteiger partial charge is 0.165 e. The molecule has 1 fully saturated rings. The van der Waals surface area contributed by atoms with Gasteiger partial charge in [-0.1, -0.05) is 19.1 Å². The number of aliphatic hydroxyl groups excluding tert-OH is 1. The lowest BCUT2D eigenvalue weighted by Crippen LogP contribution is -2.42. The second kappa shape index (κ2) is 3.26. The van der Waals surface area contributed by atoms with Crippen LogP contribution in [0.4, 0.5) is 0 Å². The average Bonchev–Trinajstić information content (AvgIpc) is 2.12. The zero-order chi connectivity index (χ0) is 9.42. The van der Waals surface area contributed by atoms with Crippen molar-refractivity contribution in [2.24, 2.45) is 17.8 Å². The maximum Gasteiger partial charge on any atom is 0.165 e. The van der Waals surface area contributed by atoms with E-state index in [9.17, 15) is 9.90 Å². The highest BCUT2D eigenvalue weighted by Crippen LogP contribution is 2.38. The predicted molar refractivity (Wildman–Crippen MR) is 50.1 cm³/mol. The monoisotopic (exact) mass is 180 g/mol. The highest BCUT2D eigenvalue weighted by Gasteiger charge is 2.40. The lowest BCUT2D eigenvalue weighted by Gasteiger charge is -2.37. The fourth-order valence-corrected chi connectivity index (χ4v) is 2.64. The van der Waals surface area contributed by atoms with E-state index < -0.39 is 6.10 Å². The SMILES string of the molecule is C[C@@H]1CC=C[C@H]2CC[C@@H](O)C(=O)[C@@H]12. The van der Waals surface area contributed by atoms with Gasteiger partial charge in [0, 0.05) is 5.92 Å². The standard InChI is InChI=1S/C11H16O2/c1-7-3-2-4-8-5-6-9(12)11(13)10(7)8/h2,4,7-10,12H,3,5-6H2,1H3/t7-,8+,9-,10+/m1/s1. The van der Waals surface area contributed by atoms with Crippen LogP contribution in [-0.4, -0.2) is 17.0 Å². The minimum Gasteiger partial charge on any atom is -0.385 e. The molecule has 4 atom stereocenters. The minimum absolute atomic E-state index is 0.0769. The third-order valence-electron chi connectivity index (χ3n) is 3.40. The van der Waals surface area contributed by atoms with Gasteiger partial charge in [0.2, 0.25) is 0 Å². The molecule has 13 heavy (non-hydrogen) atoms. The van der Waals surface area contributed by atoms with Crippen LogP contribution in [0.1, 0.15) is 26.2 Å². The van der Waals surface area contributed by atoms with Gasteiger partial charge in [0.05, 0.1) is 0 Å². The Kier molecular flexibility index (Phi) is 2.24. The van der Waals surface area contributed by atoms with Crippen molar-refractivity contribution in [1.29, 1.82) is 0 Å². The molecule has 0 aromatic rings. The summed E-state index contributed by atoms with van der Waals surface area (Å²) in [5.74, 6) is 0.985. The summed E-state index contributed by atoms with van der Waals surface area (Å²) < 4.78 is 0. The van der Waals surface area contributed by atoms with Crippen LogP contribution in [0.2, 0.25) is 0 Å². The summed E-state index contributed by atoms with van der Waals surface area (Å²) in [6.45, 7) is 2.11. The van der Waals surface area contributed by atoms with E-state index in [2.05, 4.69) is 19.1 Å². The van der Waals surface area contributed by atoms with Gasteiger partial charge in [-0.25, -0.2) is 0 Å². The summed E-state index contributed by atoms with van der Waals surface area (Å²) in [6.07, 6.45) is 6.26. The van der Waals surface area contributed by atoms with Crippen LogP contribution in [0.3, 0.4) is 0 Å². The summed E-state index contributed by atoms with van der Waals surface area (Å²) in [5, 5.41) is 9.46. The molecule has 2 aliphatic rings. The van der Waals surface area contributed by atoms with Crippen molar-refractivity contribution in [3.63, 3.8) is 0 Å². The molecule has 2 nitrogen and oxygen atoms in total. The molecule has 2 rings (SSSR count). The number of Topliss-reactive ketones (excluding diaryl/α,β-unsaturated/α-hetero) is 1. The van der Waals surface area contributed by atoms with E-state index in [1.807, 2.05) is 0 Å². The molecule has 0 radical (unpaired) electrons. The van der Waals surface area contributed by atoms with Gasteiger partial charge < -0.3 is 5.11 Å². The Balaban J connectivity index is 2.22. The Hall–Kier alpha value is -0.630. The van der Waals surface area contributed by atoms with Crippen molar-refractivity contribution >= 4 is 5.78 Å². The quantitative estimate of drug-likeness (QED) is 0.574. The number of hydrogen-bond donors (Lipinski definition) is 1. The molecule has 0 saturated heterocycles. The highest BCUT2D eigenvalue weighted by molar-refractivity contribution is 5.86. The van der Waals surface area contributed by atoms with Gasteiger partial charge in [-0.2, -0.15) is 0 Å². The van der Waals surface area contributed by atoms with E-state index >= 15 is 0 Å². The van der Waals surface area contributed by atoms with E-state index in [0.29, 0.717) is 18.3 Å². The molecule has 0 amide bonds. The van der Waals surface area contributed by atoms with E-state index in [-0.39, 0.29) is 11.7 Å². The Morgan fingerprint density at radius 1 is 1.46 bits per heavy atom. The molecule has 72 valence electrons. The predicted octanol–water partition coefficient (Wildman–Crippen LogP) is 1.54. The molecular formula is C11H16O2. The third-order valence-corrected chi connectivity index (χ3v) is 3.40. The first-order chi connectivity index (χ1) is 6.20. The normalized spacial score (nSPS) is 44.6. The van der Waals surface area contributed by atoms with Crippen LogP contribution in [0.25, 0.3) is 0 Å². The molecule has 0 bridgehead atoms. The first-order valence-corrected chi connectivity index (χ1v) is 5.08. The summed E-state index contributed by atoms with van der Waals surface area (Å²) in [7, 11) is 0. The van der Waals surface area contributed by atoms with Gasteiger partial charge in [-0.15, -0.1) is 0 Å². The topological polar surface area (TPSA) is 37.3 Å². The van der Waals surface area contributed by atoms with Gasteiger partial charge in [0.25, 0.3) is 0 Å². The maximum absolute atomic E-state index is 11.7. The van der Waals surface area contributed by atoms with Crippen LogP contribution in [0.15, 0.2) is 12.2 Å². The fourth-order valence-electron chi connectivity index (χ4n) is 2.64. The van der Waals surface area contributed by atoms with Crippen molar-refractivity contribution in [2.75, 3.05) is 0 Å². The number of aliphatic hydroxyl groups is 1. The van der Waals surface area contributed by atoms with Crippen LogP contribution in [0, 0.1) is 17.8 Å². The Morgan fingerprint density at radius 2 is 2.23 bits per heavy atom. The highest BCUT2D eigenvalue weighted by atomic mass is 16.3. The molecule has 0 aromatic carbocycles. The van der Waals surface area contributed by atoms with Crippen molar-refractivity contribution in [1.82, 2.24) is 0 Å². The second-order valence-corrected chi connectivity index (χ2v) is 4.33. The van der Waals surface area contributed by atoms with Gasteiger partial charge in [0.1, 0.15) is 6.10 Å². The van der Waals surface area contributed by atoms with Gasteiger partial charge >= 0.3 is 0 Å². The molecule has 0 aliphatic heterocycles. The van der Waals surface area contributed by atoms with Crippen molar-refractivity contribution in [3.05, 3.63) is 12.2 Å². The van der Waals surface area contributed by atoms with Crippen molar-refractivity contribution in [2.45, 2.75) is 32.3 Å². The van der Waals surface area contributed by atoms with Crippen molar-refractivity contribution < 1.29 is 9.90 Å². The molecule has 2 aliphatic carbocycles. The summed E-state index contributed by atoms with van der Waals surface area (Å²) in [6, 6.07) is 0. The molecule has 2 heteroatoms. The zero-order valence-corrected chi connectivity index (χ0v) is 7.94. The molecule has 1 saturated carbocycles. The molecule has 0 aromatic heterocycles. The number of carbonyl (C=O) groups is 1. The number of fused-ring (bicyclic) bond motifs is 1. The van der Waals surface area contributed by atoms with Gasteiger partial charge in [-0.05, 0) is 31.1 Å². The second-order valence-electron chi connectivity index (χ2n) is 4.33. The largest absolute Gasteiger partial charge is 0.385 e. The summed E-state index contributed by atoms with van der Waals surface area (Å²) in [4.78, 5) is 11.7. The van der Waals surface area contributed by atoms with E-state index in [0.717, 1.165) is 12.8 Å². The molecule has 0 spiro atoms. The molecule has 0 heterocycles. The number of rotatable bonds is 0. The molecular weight excluding hydrogens is 164 g/mol. The van der Waals surface area contributed by atoms with Crippen LogP contribution < -0.4 is 0 Å². The average molecular weight is 180 g/mol. The first kappa shape index (κ1) is 8.95. The van der Waals surface area contributed by atoms with Crippen LogP contribution >= 0.6 is 0 Å². The number of carbonyl (C=O) groups excluding carboxylic acids is 1. The minimum atomic E-state index is -0.685. The van der Waals surface area contributed by atoms with Crippen LogP contribution in [0.5, 0.6) is 0 Å². The van der Waals surface area contributed by atoms with Gasteiger partial charge in [0.15, 0.2) is 5.78 Å². The lowest BCUT2D eigenvalue weighted by atomic mass is 9.67. The fraction of sp³-hybridized carbons (Fsp3) is 0.727. The van der Waals surface area contributed by atoms with Crippen LogP contribution in [-0.2, 0) is 4.79 Å². The van der Waals surface area contributed by atoms with Gasteiger partial charge in [-0.3, -0.25) is 4.79 Å². The number of ketones is 1. The number of allylic oxidation sites excluding steroid dienone is 2. The summed E-state index contributed by atoms with van der Waals surface area (Å²) >= 11 is 0. The van der Waals surface area contributed by atoms with E-state index in [1.165, 1.54) is 0 Å². The lowest BCUT2D eigenvalue weighted by molar-refractivity contribution is -0.138. The number of hydrogen-bond acceptors (Lipinski definition) is 2. The van der Waals surface area contributed by atoms with E-state index in [4.69, 9.17) is 0 Å². The Bertz CT molecular complexity index is 244. The molecule has 1 N–H and O–H groups in total. The summed E-state index contributed by atoms with van der Waals surface area (Å²) in [5.41, 5.74) is 0. The van der Waals surface area contributed by atoms with E-state index in [1.54, 1.807) is 0 Å². The zero-order valence-electron chi connectivity index (χ0n) is 7.94. The first-order valence-electron chi connectivity index (χ1n) is 5.08. The molecule has 0 unspecified atom stereocenters. The van der Waals surface area contributed by atoms with Crippen molar-refractivity contribution in [3.8, 4) is 0 Å². The third kappa shape index (κ3) is 1.44. The Morgan fingerprint density at radius 3 is 3.00 bits per heavy atom.